The van der Waals surface area contributed by atoms with Gasteiger partial charge in [-0.25, -0.2) is 17.4 Å². The first-order chi connectivity index (χ1) is 11.8. The summed E-state index contributed by atoms with van der Waals surface area (Å²) in [7, 11) is -3.82. The van der Waals surface area contributed by atoms with Crippen LogP contribution in [0.2, 0.25) is 5.28 Å². The van der Waals surface area contributed by atoms with Gasteiger partial charge in [-0.3, -0.25) is 0 Å². The number of aliphatic hydroxyl groups is 1. The number of nitrogens with one attached hydrogen (secondary N) is 1. The quantitative estimate of drug-likeness (QED) is 0.660. The molecule has 2 heterocycles. The molecule has 0 amide bonds. The molecule has 1 aromatic carbocycles. The number of benzene rings is 1. The van der Waals surface area contributed by atoms with Gasteiger partial charge in [-0.2, -0.15) is 4.98 Å². The van der Waals surface area contributed by atoms with Crippen molar-refractivity contribution in [1.29, 1.82) is 0 Å². The van der Waals surface area contributed by atoms with Gasteiger partial charge in [-0.1, -0.05) is 17.7 Å². The van der Waals surface area contributed by atoms with Crippen molar-refractivity contribution in [3.63, 3.8) is 0 Å². The molecular weight excluding hydrogens is 364 g/mol. The minimum atomic E-state index is -3.82. The van der Waals surface area contributed by atoms with E-state index in [1.54, 1.807) is 37.3 Å². The van der Waals surface area contributed by atoms with E-state index in [2.05, 4.69) is 15.3 Å². The summed E-state index contributed by atoms with van der Waals surface area (Å²) in [6.45, 7) is 3.54. The number of aryl methyl sites for hydroxylation is 1. The van der Waals surface area contributed by atoms with Crippen LogP contribution in [0.4, 0.5) is 5.82 Å². The third kappa shape index (κ3) is 3.33. The molecule has 2 aromatic heterocycles. The molecule has 0 spiro atoms. The maximum atomic E-state index is 12.9. The van der Waals surface area contributed by atoms with Crippen LogP contribution in [0.15, 0.2) is 41.4 Å². The molecule has 0 saturated carbocycles. The number of aliphatic hydroxyl groups excluding tert-OH is 1. The highest BCUT2D eigenvalue weighted by molar-refractivity contribution is 7.90. The Morgan fingerprint density at radius 3 is 2.56 bits per heavy atom. The lowest BCUT2D eigenvalue weighted by Crippen LogP contribution is -2.20. The van der Waals surface area contributed by atoms with Gasteiger partial charge in [0.15, 0.2) is 5.65 Å². The minimum Gasteiger partial charge on any atom is -0.394 e. The highest BCUT2D eigenvalue weighted by Gasteiger charge is 2.22. The molecule has 0 aliphatic heterocycles. The normalized spacial score (nSPS) is 13.1. The van der Waals surface area contributed by atoms with Crippen LogP contribution < -0.4 is 5.32 Å². The van der Waals surface area contributed by atoms with Crippen molar-refractivity contribution in [3.8, 4) is 0 Å². The zero-order valence-electron chi connectivity index (χ0n) is 13.6. The predicted molar refractivity (Wildman–Crippen MR) is 96.5 cm³/mol. The van der Waals surface area contributed by atoms with E-state index in [-0.39, 0.29) is 28.5 Å². The maximum absolute atomic E-state index is 12.9. The molecule has 9 heteroatoms. The van der Waals surface area contributed by atoms with Gasteiger partial charge >= 0.3 is 0 Å². The van der Waals surface area contributed by atoms with Gasteiger partial charge in [0, 0.05) is 12.2 Å². The van der Waals surface area contributed by atoms with E-state index in [9.17, 15) is 13.5 Å². The van der Waals surface area contributed by atoms with E-state index >= 15 is 0 Å². The summed E-state index contributed by atoms with van der Waals surface area (Å²) < 4.78 is 26.9. The van der Waals surface area contributed by atoms with E-state index in [0.717, 1.165) is 9.54 Å². The van der Waals surface area contributed by atoms with Crippen LogP contribution >= 0.6 is 11.6 Å². The second-order valence-corrected chi connectivity index (χ2v) is 7.89. The fourth-order valence-corrected chi connectivity index (χ4v) is 3.83. The second-order valence-electron chi connectivity index (χ2n) is 5.74. The first-order valence-electron chi connectivity index (χ1n) is 7.57. The van der Waals surface area contributed by atoms with Crippen LogP contribution in [-0.2, 0) is 10.0 Å². The smallest absolute Gasteiger partial charge is 0.269 e. The molecule has 0 bridgehead atoms. The molecule has 7 nitrogen and oxygen atoms in total. The van der Waals surface area contributed by atoms with Gasteiger partial charge in [0.05, 0.1) is 16.9 Å². The number of fused-ring (bicyclic) bond motifs is 1. The summed E-state index contributed by atoms with van der Waals surface area (Å²) >= 11 is 5.96. The molecule has 0 saturated heterocycles. The zero-order chi connectivity index (χ0) is 18.2. The SMILES string of the molecule is Cc1ccc(S(=O)(=O)n2ccc3c(NC(C)CO)nc(Cl)nc32)cc1. The Hall–Kier alpha value is -2.16. The third-order valence-electron chi connectivity index (χ3n) is 3.72. The van der Waals surface area contributed by atoms with Crippen LogP contribution in [0.1, 0.15) is 12.5 Å². The third-order valence-corrected chi connectivity index (χ3v) is 5.57. The van der Waals surface area contributed by atoms with Crippen molar-refractivity contribution >= 4 is 38.5 Å². The number of halogens is 1. The molecule has 0 fully saturated rings. The minimum absolute atomic E-state index is 0.0841. The van der Waals surface area contributed by atoms with Gasteiger partial charge in [0.25, 0.3) is 10.0 Å². The number of hydrogen-bond donors (Lipinski definition) is 2. The molecule has 2 N–H and O–H groups in total. The van der Waals surface area contributed by atoms with Crippen molar-refractivity contribution < 1.29 is 13.5 Å². The molecule has 0 aliphatic carbocycles. The lowest BCUT2D eigenvalue weighted by atomic mass is 10.2. The second kappa shape index (κ2) is 6.62. The fourth-order valence-electron chi connectivity index (χ4n) is 2.37. The van der Waals surface area contributed by atoms with Crippen LogP contribution in [0, 0.1) is 6.92 Å². The summed E-state index contributed by atoms with van der Waals surface area (Å²) in [6, 6.07) is 7.89. The topological polar surface area (TPSA) is 97.1 Å². The molecule has 1 atom stereocenters. The van der Waals surface area contributed by atoms with Crippen LogP contribution in [0.25, 0.3) is 11.0 Å². The number of aromatic nitrogens is 3. The molecule has 3 aromatic rings. The molecule has 1 unspecified atom stereocenters. The van der Waals surface area contributed by atoms with Gasteiger partial charge in [0.1, 0.15) is 5.82 Å². The standard InChI is InChI=1S/C16H17ClN4O3S/c1-10-3-5-12(6-4-10)25(23,24)21-8-7-13-14(18-11(2)9-22)19-16(17)20-15(13)21/h3-8,11,22H,9H2,1-2H3,(H,18,19,20). The van der Waals surface area contributed by atoms with Gasteiger partial charge in [0.2, 0.25) is 5.28 Å². The summed E-state index contributed by atoms with van der Waals surface area (Å²) in [4.78, 5) is 8.32. The Balaban J connectivity index is 2.16. The largest absolute Gasteiger partial charge is 0.394 e. The lowest BCUT2D eigenvalue weighted by Gasteiger charge is -2.13. The Bertz CT molecular complexity index is 1020. The van der Waals surface area contributed by atoms with Crippen molar-refractivity contribution in [2.75, 3.05) is 11.9 Å². The Morgan fingerprint density at radius 1 is 1.24 bits per heavy atom. The molecule has 3 rings (SSSR count). The van der Waals surface area contributed by atoms with Gasteiger partial charge < -0.3 is 10.4 Å². The highest BCUT2D eigenvalue weighted by atomic mass is 35.5. The molecular formula is C16H17ClN4O3S. The fraction of sp³-hybridized carbons (Fsp3) is 0.250. The monoisotopic (exact) mass is 380 g/mol. The summed E-state index contributed by atoms with van der Waals surface area (Å²) in [6.07, 6.45) is 1.42. The lowest BCUT2D eigenvalue weighted by molar-refractivity contribution is 0.281. The highest BCUT2D eigenvalue weighted by Crippen LogP contribution is 2.27. The summed E-state index contributed by atoms with van der Waals surface area (Å²) in [5, 5.41) is 12.6. The van der Waals surface area contributed by atoms with E-state index in [1.165, 1.54) is 6.20 Å². The number of rotatable bonds is 5. The van der Waals surface area contributed by atoms with Crippen molar-refractivity contribution in [2.24, 2.45) is 0 Å². The Morgan fingerprint density at radius 2 is 1.92 bits per heavy atom. The number of anilines is 1. The molecule has 132 valence electrons. The van der Waals surface area contributed by atoms with Crippen LogP contribution in [-0.4, -0.2) is 40.1 Å². The van der Waals surface area contributed by atoms with E-state index in [0.29, 0.717) is 11.2 Å². The molecule has 25 heavy (non-hydrogen) atoms. The molecule has 0 radical (unpaired) electrons. The Labute approximate surface area is 150 Å². The van der Waals surface area contributed by atoms with E-state index in [4.69, 9.17) is 11.6 Å². The van der Waals surface area contributed by atoms with Crippen molar-refractivity contribution in [1.82, 2.24) is 13.9 Å². The van der Waals surface area contributed by atoms with Gasteiger partial charge in [-0.05, 0) is 43.6 Å². The van der Waals surface area contributed by atoms with Crippen molar-refractivity contribution in [2.45, 2.75) is 24.8 Å². The Kier molecular flexibility index (Phi) is 4.68. The maximum Gasteiger partial charge on any atom is 0.269 e. The molecule has 0 aliphatic rings. The predicted octanol–water partition coefficient (Wildman–Crippen LogP) is 2.42. The zero-order valence-corrected chi connectivity index (χ0v) is 15.2. The van der Waals surface area contributed by atoms with E-state index < -0.39 is 10.0 Å². The van der Waals surface area contributed by atoms with Crippen LogP contribution in [0.3, 0.4) is 0 Å². The van der Waals surface area contributed by atoms with Crippen molar-refractivity contribution in [3.05, 3.63) is 47.4 Å². The van der Waals surface area contributed by atoms with Gasteiger partial charge in [-0.15, -0.1) is 0 Å². The average Bonchev–Trinajstić information content (AvgIpc) is 2.99. The van der Waals surface area contributed by atoms with E-state index in [1.807, 2.05) is 6.92 Å². The summed E-state index contributed by atoms with van der Waals surface area (Å²) in [5.41, 5.74) is 1.14. The number of nitrogens with zero attached hydrogens (tertiary/aromatic N) is 3. The number of hydrogen-bond acceptors (Lipinski definition) is 6. The first kappa shape index (κ1) is 17.7. The first-order valence-corrected chi connectivity index (χ1v) is 9.39. The average molecular weight is 381 g/mol. The summed E-state index contributed by atoms with van der Waals surface area (Å²) in [5.74, 6) is 0.370. The van der Waals surface area contributed by atoms with Crippen LogP contribution in [0.5, 0.6) is 0 Å².